The Morgan fingerprint density at radius 3 is 2.74 bits per heavy atom. The molecule has 1 amide bonds. The molecular weight excluding hydrogens is 246 g/mol. The number of hydrogen-bond donors (Lipinski definition) is 1. The number of aliphatic hydroxyl groups is 1. The topological polar surface area (TPSA) is 59.0 Å². The highest BCUT2D eigenvalue weighted by Gasteiger charge is 2.48. The number of likely N-dealkylation sites (tertiary alicyclic amines) is 1. The van der Waals surface area contributed by atoms with Gasteiger partial charge >= 0.3 is 0 Å². The van der Waals surface area contributed by atoms with Crippen LogP contribution in [0.5, 0.6) is 0 Å². The number of hydrogen-bond acceptors (Lipinski definition) is 4. The van der Waals surface area contributed by atoms with Gasteiger partial charge in [0.2, 0.25) is 6.41 Å². The third kappa shape index (κ3) is 2.53. The minimum atomic E-state index is -0.750. The van der Waals surface area contributed by atoms with E-state index in [1.165, 1.54) is 7.11 Å². The number of aliphatic hydroxyl groups excluding tert-OH is 1. The van der Waals surface area contributed by atoms with E-state index in [0.717, 1.165) is 12.7 Å². The smallest absolute Gasteiger partial charge is 0.257 e. The summed E-state index contributed by atoms with van der Waals surface area (Å²) in [7, 11) is 1.51. The molecule has 2 aliphatic rings. The largest absolute Gasteiger partial charge is 0.515 e. The van der Waals surface area contributed by atoms with Gasteiger partial charge < -0.3 is 14.6 Å². The van der Waals surface area contributed by atoms with Gasteiger partial charge in [-0.2, -0.15) is 0 Å². The van der Waals surface area contributed by atoms with Crippen molar-refractivity contribution in [2.24, 2.45) is 5.92 Å². The van der Waals surface area contributed by atoms with Crippen molar-refractivity contribution in [1.29, 1.82) is 0 Å². The van der Waals surface area contributed by atoms with E-state index in [1.54, 1.807) is 4.90 Å². The number of carbonyl (C=O) groups excluding carboxylic acids is 1. The highest BCUT2D eigenvalue weighted by Crippen LogP contribution is 2.39. The van der Waals surface area contributed by atoms with Crippen LogP contribution >= 0.6 is 0 Å². The van der Waals surface area contributed by atoms with Crippen LogP contribution in [0, 0.1) is 5.92 Å². The van der Waals surface area contributed by atoms with Crippen LogP contribution in [0.4, 0.5) is 0 Å². The lowest BCUT2D eigenvalue weighted by Crippen LogP contribution is -2.47. The van der Waals surface area contributed by atoms with Crippen LogP contribution in [0.1, 0.15) is 27.2 Å². The number of amides is 1. The second-order valence-electron chi connectivity index (χ2n) is 5.83. The highest BCUT2D eigenvalue weighted by atomic mass is 16.7. The van der Waals surface area contributed by atoms with Crippen LogP contribution in [0.3, 0.4) is 0 Å². The maximum absolute atomic E-state index is 12.3. The Balaban J connectivity index is 2.27. The summed E-state index contributed by atoms with van der Waals surface area (Å²) < 4.78 is 11.1. The molecule has 1 heterocycles. The van der Waals surface area contributed by atoms with E-state index in [2.05, 4.69) is 0 Å². The maximum Gasteiger partial charge on any atom is 0.257 e. The van der Waals surface area contributed by atoms with Gasteiger partial charge in [-0.05, 0) is 27.2 Å². The first-order valence-corrected chi connectivity index (χ1v) is 6.43. The SMILES string of the molecule is COC(OC(C)(C)C)N1C(=O)/C(=C\O)C2CC=CC21. The van der Waals surface area contributed by atoms with Gasteiger partial charge in [0.15, 0.2) is 0 Å². The monoisotopic (exact) mass is 267 g/mol. The molecule has 2 rings (SSSR count). The van der Waals surface area contributed by atoms with E-state index in [9.17, 15) is 9.90 Å². The molecule has 5 heteroatoms. The average molecular weight is 267 g/mol. The number of carbonyl (C=O) groups is 1. The Bertz CT molecular complexity index is 422. The fraction of sp³-hybridized carbons (Fsp3) is 0.643. The van der Waals surface area contributed by atoms with Crippen molar-refractivity contribution in [3.63, 3.8) is 0 Å². The minimum absolute atomic E-state index is 0.00119. The summed E-state index contributed by atoms with van der Waals surface area (Å²) in [5.74, 6) is -0.225. The molecule has 1 saturated heterocycles. The van der Waals surface area contributed by atoms with Crippen molar-refractivity contribution in [3.05, 3.63) is 24.0 Å². The van der Waals surface area contributed by atoms with Crippen LogP contribution in [-0.2, 0) is 14.3 Å². The van der Waals surface area contributed by atoms with Crippen LogP contribution in [0.25, 0.3) is 0 Å². The first-order valence-electron chi connectivity index (χ1n) is 6.43. The number of allylic oxidation sites excluding steroid dienone is 1. The second kappa shape index (κ2) is 4.98. The van der Waals surface area contributed by atoms with Gasteiger partial charge in [0.25, 0.3) is 5.91 Å². The second-order valence-corrected chi connectivity index (χ2v) is 5.83. The molecular formula is C14H21NO4. The Hall–Kier alpha value is -1.33. The molecule has 1 N–H and O–H groups in total. The van der Waals surface area contributed by atoms with E-state index in [0.29, 0.717) is 5.57 Å². The number of nitrogens with zero attached hydrogens (tertiary/aromatic N) is 1. The quantitative estimate of drug-likeness (QED) is 0.367. The van der Waals surface area contributed by atoms with Crippen molar-refractivity contribution in [2.45, 2.75) is 45.2 Å². The molecule has 1 aliphatic heterocycles. The zero-order chi connectivity index (χ0) is 14.2. The van der Waals surface area contributed by atoms with Crippen LogP contribution in [-0.4, -0.2) is 41.1 Å². The van der Waals surface area contributed by atoms with Crippen molar-refractivity contribution < 1.29 is 19.4 Å². The molecule has 0 radical (unpaired) electrons. The number of rotatable bonds is 3. The van der Waals surface area contributed by atoms with Crippen LogP contribution in [0.2, 0.25) is 0 Å². The number of ether oxygens (including phenoxy) is 2. The zero-order valence-corrected chi connectivity index (χ0v) is 11.8. The van der Waals surface area contributed by atoms with Crippen molar-refractivity contribution in [2.75, 3.05) is 7.11 Å². The minimum Gasteiger partial charge on any atom is -0.515 e. The third-order valence-electron chi connectivity index (χ3n) is 3.36. The molecule has 0 bridgehead atoms. The van der Waals surface area contributed by atoms with Gasteiger partial charge in [-0.15, -0.1) is 0 Å². The molecule has 106 valence electrons. The molecule has 3 atom stereocenters. The van der Waals surface area contributed by atoms with Crippen LogP contribution < -0.4 is 0 Å². The summed E-state index contributed by atoms with van der Waals surface area (Å²) in [5.41, 5.74) is -0.000619. The molecule has 1 aliphatic carbocycles. The molecule has 0 spiro atoms. The van der Waals surface area contributed by atoms with E-state index >= 15 is 0 Å². The summed E-state index contributed by atoms with van der Waals surface area (Å²) in [4.78, 5) is 13.9. The van der Waals surface area contributed by atoms with Gasteiger partial charge in [0.1, 0.15) is 0 Å². The van der Waals surface area contributed by atoms with Gasteiger partial charge in [0.05, 0.1) is 23.5 Å². The highest BCUT2D eigenvalue weighted by molar-refractivity contribution is 5.97. The van der Waals surface area contributed by atoms with Crippen molar-refractivity contribution in [3.8, 4) is 0 Å². The van der Waals surface area contributed by atoms with Gasteiger partial charge in [-0.3, -0.25) is 9.69 Å². The lowest BCUT2D eigenvalue weighted by atomic mass is 9.99. The van der Waals surface area contributed by atoms with Gasteiger partial charge in [-0.1, -0.05) is 12.2 Å². The lowest BCUT2D eigenvalue weighted by Gasteiger charge is -2.34. The summed E-state index contributed by atoms with van der Waals surface area (Å²) in [6, 6.07) is -0.0989. The molecule has 0 saturated carbocycles. The zero-order valence-electron chi connectivity index (χ0n) is 11.8. The molecule has 0 aromatic rings. The van der Waals surface area contributed by atoms with Gasteiger partial charge in [-0.25, -0.2) is 0 Å². The lowest BCUT2D eigenvalue weighted by molar-refractivity contribution is -0.249. The normalized spacial score (nSPS) is 30.2. The van der Waals surface area contributed by atoms with E-state index < -0.39 is 12.0 Å². The predicted octanol–water partition coefficient (Wildman–Crippen LogP) is 1.96. The van der Waals surface area contributed by atoms with Crippen LogP contribution in [0.15, 0.2) is 24.0 Å². The first-order chi connectivity index (χ1) is 8.89. The number of fused-ring (bicyclic) bond motifs is 1. The molecule has 0 aromatic carbocycles. The molecule has 5 nitrogen and oxygen atoms in total. The molecule has 1 fully saturated rings. The summed E-state index contributed by atoms with van der Waals surface area (Å²) >= 11 is 0. The Morgan fingerprint density at radius 2 is 2.21 bits per heavy atom. The Morgan fingerprint density at radius 1 is 1.53 bits per heavy atom. The molecule has 19 heavy (non-hydrogen) atoms. The summed E-state index contributed by atoms with van der Waals surface area (Å²) in [6.07, 6.45) is 4.90. The van der Waals surface area contributed by atoms with E-state index in [1.807, 2.05) is 32.9 Å². The number of methoxy groups -OCH3 is 1. The average Bonchev–Trinajstić information content (AvgIpc) is 2.84. The fourth-order valence-electron chi connectivity index (χ4n) is 2.59. The Labute approximate surface area is 113 Å². The fourth-order valence-corrected chi connectivity index (χ4v) is 2.59. The first kappa shape index (κ1) is 14.1. The third-order valence-corrected chi connectivity index (χ3v) is 3.36. The Kier molecular flexibility index (Phi) is 3.69. The summed E-state index contributed by atoms with van der Waals surface area (Å²) in [5, 5.41) is 9.27. The molecule has 3 unspecified atom stereocenters. The van der Waals surface area contributed by atoms with E-state index in [4.69, 9.17) is 9.47 Å². The predicted molar refractivity (Wildman–Crippen MR) is 70.2 cm³/mol. The maximum atomic E-state index is 12.3. The summed E-state index contributed by atoms with van der Waals surface area (Å²) in [6.45, 7) is 5.72. The molecule has 0 aromatic heterocycles. The standard InChI is InChI=1S/C14H21NO4/c1-14(2,3)19-13(18-4)15-11-7-5-6-9(11)10(8-16)12(15)17/h5,7-9,11,13,16H,6H2,1-4H3/b10-8-. The van der Waals surface area contributed by atoms with E-state index in [-0.39, 0.29) is 17.9 Å². The van der Waals surface area contributed by atoms with Crippen molar-refractivity contribution >= 4 is 5.91 Å². The van der Waals surface area contributed by atoms with Gasteiger partial charge in [0, 0.05) is 13.0 Å². The van der Waals surface area contributed by atoms with Crippen molar-refractivity contribution in [1.82, 2.24) is 4.90 Å².